The predicted molar refractivity (Wildman–Crippen MR) is 90.0 cm³/mol. The number of rotatable bonds is 4. The third-order valence-electron chi connectivity index (χ3n) is 3.59. The monoisotopic (exact) mass is 371 g/mol. The highest BCUT2D eigenvalue weighted by Gasteiger charge is 2.21. The van der Waals surface area contributed by atoms with Crippen molar-refractivity contribution in [3.8, 4) is 0 Å². The lowest BCUT2D eigenvalue weighted by atomic mass is 10.3. The molecule has 11 nitrogen and oxygen atoms in total. The summed E-state index contributed by atoms with van der Waals surface area (Å²) in [5.74, 6) is -0.0831. The Bertz CT molecular complexity index is 1270. The number of nitrogens with one attached hydrogen (secondary N) is 1. The number of hydrogen-bond acceptors (Lipinski definition) is 8. The summed E-state index contributed by atoms with van der Waals surface area (Å²) in [6, 6.07) is 11.6. The SMILES string of the molecule is O=[N+]([O-])c1cccc(S(=O)(=O)Nc2nc3ccccc3n3nnnc23)c1. The van der Waals surface area contributed by atoms with Crippen molar-refractivity contribution in [3.63, 3.8) is 0 Å². The van der Waals surface area contributed by atoms with Gasteiger partial charge in [0.05, 0.1) is 20.9 Å². The third-order valence-corrected chi connectivity index (χ3v) is 4.93. The molecule has 0 aliphatic carbocycles. The van der Waals surface area contributed by atoms with Crippen LogP contribution >= 0.6 is 0 Å². The van der Waals surface area contributed by atoms with Gasteiger partial charge in [-0.15, -0.1) is 5.10 Å². The Labute approximate surface area is 145 Å². The molecular formula is C14H9N7O4S. The molecule has 4 aromatic rings. The van der Waals surface area contributed by atoms with Crippen LogP contribution in [-0.4, -0.2) is 38.4 Å². The second kappa shape index (κ2) is 5.70. The van der Waals surface area contributed by atoms with Crippen molar-refractivity contribution >= 4 is 38.2 Å². The van der Waals surface area contributed by atoms with E-state index in [9.17, 15) is 18.5 Å². The Hall–Kier alpha value is -3.67. The smallest absolute Gasteiger partial charge is 0.260 e. The zero-order valence-corrected chi connectivity index (χ0v) is 13.7. The van der Waals surface area contributed by atoms with Gasteiger partial charge in [-0.25, -0.2) is 13.4 Å². The molecule has 2 aromatic heterocycles. The fraction of sp³-hybridized carbons (Fsp3) is 0. The summed E-state index contributed by atoms with van der Waals surface area (Å²) < 4.78 is 28.9. The second-order valence-corrected chi connectivity index (χ2v) is 6.91. The Kier molecular flexibility index (Phi) is 3.47. The molecule has 130 valence electrons. The van der Waals surface area contributed by atoms with Crippen LogP contribution in [0.5, 0.6) is 0 Å². The van der Waals surface area contributed by atoms with Gasteiger partial charge in [0.2, 0.25) is 5.65 Å². The van der Waals surface area contributed by atoms with E-state index in [1.165, 1.54) is 22.7 Å². The quantitative estimate of drug-likeness (QED) is 0.418. The van der Waals surface area contributed by atoms with Crippen LogP contribution in [0.1, 0.15) is 0 Å². The van der Waals surface area contributed by atoms with E-state index < -0.39 is 14.9 Å². The Morgan fingerprint density at radius 1 is 1.12 bits per heavy atom. The summed E-state index contributed by atoms with van der Waals surface area (Å²) in [5, 5.41) is 22.1. The lowest BCUT2D eigenvalue weighted by Gasteiger charge is -2.09. The molecule has 0 saturated carbocycles. The average Bonchev–Trinajstić information content (AvgIpc) is 3.12. The minimum Gasteiger partial charge on any atom is -0.260 e. The molecule has 12 heteroatoms. The highest BCUT2D eigenvalue weighted by Crippen LogP contribution is 2.23. The number of nitro groups is 1. The first kappa shape index (κ1) is 15.8. The van der Waals surface area contributed by atoms with E-state index in [2.05, 4.69) is 25.2 Å². The van der Waals surface area contributed by atoms with Crippen molar-refractivity contribution in [2.45, 2.75) is 4.90 Å². The van der Waals surface area contributed by atoms with Crippen LogP contribution in [0, 0.1) is 10.1 Å². The molecule has 0 saturated heterocycles. The average molecular weight is 371 g/mol. The Balaban J connectivity index is 1.84. The van der Waals surface area contributed by atoms with Gasteiger partial charge in [-0.05, 0) is 28.6 Å². The van der Waals surface area contributed by atoms with Crippen molar-refractivity contribution in [1.82, 2.24) is 25.0 Å². The first-order chi connectivity index (χ1) is 12.5. The molecule has 0 radical (unpaired) electrons. The maximum absolute atomic E-state index is 12.6. The summed E-state index contributed by atoms with van der Waals surface area (Å²) in [6.07, 6.45) is 0. The number of aromatic nitrogens is 5. The number of tetrazole rings is 1. The Morgan fingerprint density at radius 2 is 1.92 bits per heavy atom. The normalized spacial score (nSPS) is 11.7. The topological polar surface area (TPSA) is 145 Å². The van der Waals surface area contributed by atoms with Gasteiger partial charge in [0.1, 0.15) is 0 Å². The number of hydrogen-bond donors (Lipinski definition) is 1. The van der Waals surface area contributed by atoms with Crippen molar-refractivity contribution in [3.05, 3.63) is 58.6 Å². The zero-order chi connectivity index (χ0) is 18.3. The van der Waals surface area contributed by atoms with E-state index in [1.54, 1.807) is 24.3 Å². The molecular weight excluding hydrogens is 362 g/mol. The molecule has 1 N–H and O–H groups in total. The predicted octanol–water partition coefficient (Wildman–Crippen LogP) is 1.38. The summed E-state index contributed by atoms with van der Waals surface area (Å²) in [6.45, 7) is 0. The van der Waals surface area contributed by atoms with Crippen molar-refractivity contribution in [2.75, 3.05) is 4.72 Å². The molecule has 4 rings (SSSR count). The molecule has 0 bridgehead atoms. The second-order valence-electron chi connectivity index (χ2n) is 5.22. The van der Waals surface area contributed by atoms with E-state index in [4.69, 9.17) is 0 Å². The Morgan fingerprint density at radius 3 is 2.73 bits per heavy atom. The molecule has 0 aliphatic heterocycles. The van der Waals surface area contributed by atoms with Gasteiger partial charge in [-0.2, -0.15) is 4.52 Å². The fourth-order valence-corrected chi connectivity index (χ4v) is 3.47. The molecule has 0 atom stereocenters. The van der Waals surface area contributed by atoms with Gasteiger partial charge in [-0.1, -0.05) is 18.2 Å². The molecule has 2 heterocycles. The first-order valence-corrected chi connectivity index (χ1v) is 8.68. The van der Waals surface area contributed by atoms with E-state index in [0.29, 0.717) is 11.0 Å². The molecule has 0 unspecified atom stereocenters. The standard InChI is InChI=1S/C14H9N7O4S/c22-21(23)9-4-3-5-10(8-9)26(24,25)17-13-14-16-18-19-20(14)12-7-2-1-6-11(12)15-13/h1-8H,(H,15,17). The molecule has 2 aromatic carbocycles. The maximum atomic E-state index is 12.6. The fourth-order valence-electron chi connectivity index (χ4n) is 2.42. The molecule has 26 heavy (non-hydrogen) atoms. The lowest BCUT2D eigenvalue weighted by molar-refractivity contribution is -0.385. The van der Waals surface area contributed by atoms with Gasteiger partial charge in [-0.3, -0.25) is 14.8 Å². The lowest BCUT2D eigenvalue weighted by Crippen LogP contribution is -2.15. The van der Waals surface area contributed by atoms with E-state index in [1.807, 2.05) is 0 Å². The maximum Gasteiger partial charge on any atom is 0.270 e. The highest BCUT2D eigenvalue weighted by molar-refractivity contribution is 7.92. The van der Waals surface area contributed by atoms with Gasteiger partial charge < -0.3 is 0 Å². The van der Waals surface area contributed by atoms with Gasteiger partial charge in [0.25, 0.3) is 15.7 Å². The largest absolute Gasteiger partial charge is 0.270 e. The number of non-ortho nitro benzene ring substituents is 1. The van der Waals surface area contributed by atoms with E-state index in [0.717, 1.165) is 6.07 Å². The first-order valence-electron chi connectivity index (χ1n) is 7.20. The van der Waals surface area contributed by atoms with Crippen LogP contribution in [0.15, 0.2) is 53.4 Å². The van der Waals surface area contributed by atoms with Crippen LogP contribution < -0.4 is 4.72 Å². The van der Waals surface area contributed by atoms with Crippen molar-refractivity contribution in [1.29, 1.82) is 0 Å². The molecule has 0 spiro atoms. The number of sulfonamides is 1. The molecule has 0 aliphatic rings. The van der Waals surface area contributed by atoms with E-state index in [-0.39, 0.29) is 22.0 Å². The number of fused-ring (bicyclic) bond motifs is 3. The summed E-state index contributed by atoms with van der Waals surface area (Å²) >= 11 is 0. The third kappa shape index (κ3) is 2.57. The van der Waals surface area contributed by atoms with Gasteiger partial charge in [0.15, 0.2) is 5.82 Å². The molecule has 0 fully saturated rings. The van der Waals surface area contributed by atoms with Crippen molar-refractivity contribution < 1.29 is 13.3 Å². The zero-order valence-electron chi connectivity index (χ0n) is 12.8. The van der Waals surface area contributed by atoms with Crippen LogP contribution in [-0.2, 0) is 10.0 Å². The summed E-state index contributed by atoms with van der Waals surface area (Å²) in [4.78, 5) is 14.2. The number of benzene rings is 2. The highest BCUT2D eigenvalue weighted by atomic mass is 32.2. The van der Waals surface area contributed by atoms with Crippen LogP contribution in [0.2, 0.25) is 0 Å². The molecule has 0 amide bonds. The minimum absolute atomic E-state index is 0.0831. The summed E-state index contributed by atoms with van der Waals surface area (Å²) in [7, 11) is -4.13. The number of nitrogens with zero attached hydrogens (tertiary/aromatic N) is 6. The summed E-state index contributed by atoms with van der Waals surface area (Å²) in [5.41, 5.74) is 0.848. The number of para-hydroxylation sites is 2. The van der Waals surface area contributed by atoms with E-state index >= 15 is 0 Å². The van der Waals surface area contributed by atoms with Crippen LogP contribution in [0.4, 0.5) is 11.5 Å². The number of nitro benzene ring substituents is 1. The van der Waals surface area contributed by atoms with Crippen molar-refractivity contribution in [2.24, 2.45) is 0 Å². The van der Waals surface area contributed by atoms with Crippen LogP contribution in [0.25, 0.3) is 16.7 Å². The number of anilines is 1. The van der Waals surface area contributed by atoms with Gasteiger partial charge in [0, 0.05) is 12.1 Å². The minimum atomic E-state index is -4.13. The van der Waals surface area contributed by atoms with Crippen LogP contribution in [0.3, 0.4) is 0 Å². The van der Waals surface area contributed by atoms with Gasteiger partial charge >= 0.3 is 0 Å².